The average Bonchev–Trinajstić information content (AvgIpc) is 2.21. The summed E-state index contributed by atoms with van der Waals surface area (Å²) in [5.74, 6) is 0. The molecule has 0 saturated heterocycles. The molecule has 0 aromatic rings. The van der Waals surface area contributed by atoms with Crippen molar-refractivity contribution in [1.82, 2.24) is 0 Å². The molecule has 0 heterocycles. The van der Waals surface area contributed by atoms with Crippen molar-refractivity contribution < 1.29 is 15.4 Å². The van der Waals surface area contributed by atoms with Crippen LogP contribution in [0.4, 0.5) is 0 Å². The van der Waals surface area contributed by atoms with E-state index < -0.39 is 7.82 Å². The summed E-state index contributed by atoms with van der Waals surface area (Å²) in [5.41, 5.74) is 0. The third-order valence-corrected chi connectivity index (χ3v) is 8.57. The molecule has 14 heavy (non-hydrogen) atoms. The van der Waals surface area contributed by atoms with Crippen LogP contribution in [0.2, 0.25) is 16.0 Å². The minimum atomic E-state index is -3.19. The summed E-state index contributed by atoms with van der Waals surface area (Å²) in [6.07, 6.45) is 0. The van der Waals surface area contributed by atoms with Crippen LogP contribution in [0.3, 0.4) is 0 Å². The summed E-state index contributed by atoms with van der Waals surface area (Å²) in [6.45, 7) is 5.96. The van der Waals surface area contributed by atoms with Gasteiger partial charge in [-0.1, -0.05) is 0 Å². The van der Waals surface area contributed by atoms with Crippen LogP contribution in [0, 0.1) is 0 Å². The Morgan fingerprint density at radius 2 is 1.14 bits per heavy atom. The summed E-state index contributed by atoms with van der Waals surface area (Å²) in [5, 5.41) is 2.63. The molecule has 0 bridgehead atoms. The molecule has 0 atom stereocenters. The number of hydrogen-bond donors (Lipinski definition) is 0. The summed E-state index contributed by atoms with van der Waals surface area (Å²) in [6, 6.07) is 0. The molecule has 0 fully saturated rings. The van der Waals surface area contributed by atoms with Gasteiger partial charge in [0, 0.05) is 0 Å². The van der Waals surface area contributed by atoms with Crippen LogP contribution in [0.25, 0.3) is 0 Å². The summed E-state index contributed by atoms with van der Waals surface area (Å²) in [4.78, 5) is 0. The van der Waals surface area contributed by atoms with Gasteiger partial charge in [0.2, 0.25) is 0 Å². The second kappa shape index (κ2) is 9.86. The summed E-state index contributed by atoms with van der Waals surface area (Å²) < 4.78 is 27.4. The molecule has 0 N–H and O–H groups in total. The van der Waals surface area contributed by atoms with Crippen LogP contribution < -0.4 is 0 Å². The van der Waals surface area contributed by atoms with E-state index in [2.05, 4.69) is 0 Å². The Bertz CT molecular complexity index is 152. The monoisotopic (exact) mass is 422 g/mol. The van der Waals surface area contributed by atoms with E-state index in [1.54, 1.807) is 0 Å². The van der Waals surface area contributed by atoms with Crippen LogP contribution in [0.5, 0.6) is 0 Å². The Morgan fingerprint density at radius 3 is 1.36 bits per heavy atom. The van der Waals surface area contributed by atoms with E-state index in [9.17, 15) is 4.57 Å². The van der Waals surface area contributed by atoms with Crippen LogP contribution >= 0.6 is 7.82 Å². The van der Waals surface area contributed by atoms with Crippen molar-refractivity contribution in [2.75, 3.05) is 0 Å². The molecular weight excluding hydrogens is 404 g/mol. The van der Waals surface area contributed by atoms with Crippen molar-refractivity contribution in [2.45, 2.75) is 36.7 Å². The number of rotatable bonds is 9. The molecule has 0 aromatic carbocycles. The van der Waals surface area contributed by atoms with Crippen LogP contribution in [-0.2, 0) is 15.4 Å². The van der Waals surface area contributed by atoms with Gasteiger partial charge in [-0.25, -0.2) is 0 Å². The summed E-state index contributed by atoms with van der Waals surface area (Å²) >= 11 is -0.282. The van der Waals surface area contributed by atoms with Crippen molar-refractivity contribution >= 4 is 53.7 Å². The third kappa shape index (κ3) is 7.90. The van der Waals surface area contributed by atoms with E-state index in [4.69, 9.17) is 10.8 Å². The van der Waals surface area contributed by atoms with Crippen LogP contribution in [0.1, 0.15) is 20.8 Å². The first-order valence-electron chi connectivity index (χ1n) is 4.22. The molecular formula is C6H15O4PSe3. The molecule has 0 aliphatic carbocycles. The van der Waals surface area contributed by atoms with Gasteiger partial charge in [0.25, 0.3) is 0 Å². The zero-order valence-electron chi connectivity index (χ0n) is 8.43. The normalized spacial score (nSPS) is 11.9. The van der Waals surface area contributed by atoms with Crippen molar-refractivity contribution in [3.63, 3.8) is 0 Å². The Morgan fingerprint density at radius 1 is 0.857 bits per heavy atom. The fourth-order valence-corrected chi connectivity index (χ4v) is 8.50. The maximum atomic E-state index is 11.9. The predicted molar refractivity (Wildman–Crippen MR) is 59.6 cm³/mol. The Labute approximate surface area is 105 Å². The molecule has 0 spiro atoms. The zero-order chi connectivity index (χ0) is 10.9. The molecule has 0 radical (unpaired) electrons. The van der Waals surface area contributed by atoms with E-state index in [1.165, 1.54) is 0 Å². The van der Waals surface area contributed by atoms with Crippen LogP contribution in [-0.4, -0.2) is 45.9 Å². The molecule has 8 heteroatoms. The second-order valence-corrected chi connectivity index (χ2v) is 11.2. The van der Waals surface area contributed by atoms with Crippen molar-refractivity contribution in [3.8, 4) is 0 Å². The van der Waals surface area contributed by atoms with Gasteiger partial charge in [0.05, 0.1) is 0 Å². The van der Waals surface area contributed by atoms with Gasteiger partial charge in [0.1, 0.15) is 0 Å². The first-order valence-corrected chi connectivity index (χ1v) is 11.4. The second-order valence-electron chi connectivity index (χ2n) is 1.89. The topological polar surface area (TPSA) is 44.8 Å². The molecule has 0 aliphatic heterocycles. The van der Waals surface area contributed by atoms with Gasteiger partial charge >= 0.3 is 106 Å². The number of hydrogen-bond acceptors (Lipinski definition) is 4. The average molecular weight is 419 g/mol. The van der Waals surface area contributed by atoms with E-state index >= 15 is 0 Å². The predicted octanol–water partition coefficient (Wildman–Crippen LogP) is 2.32. The first kappa shape index (κ1) is 15.7. The molecule has 4 nitrogen and oxygen atoms in total. The van der Waals surface area contributed by atoms with Crippen molar-refractivity contribution in [2.24, 2.45) is 0 Å². The van der Waals surface area contributed by atoms with E-state index in [0.717, 1.165) is 16.0 Å². The van der Waals surface area contributed by atoms with Crippen molar-refractivity contribution in [1.29, 1.82) is 0 Å². The van der Waals surface area contributed by atoms with Gasteiger partial charge in [0.15, 0.2) is 0 Å². The maximum absolute atomic E-state index is 11.9. The van der Waals surface area contributed by atoms with Gasteiger partial charge in [-0.05, 0) is 0 Å². The fourth-order valence-electron chi connectivity index (χ4n) is 0.389. The van der Waals surface area contributed by atoms with Crippen molar-refractivity contribution in [3.05, 3.63) is 0 Å². The third-order valence-electron chi connectivity index (χ3n) is 0.786. The van der Waals surface area contributed by atoms with E-state index in [0.29, 0.717) is 0 Å². The molecule has 0 saturated carbocycles. The van der Waals surface area contributed by atoms with E-state index in [1.807, 2.05) is 20.8 Å². The van der Waals surface area contributed by atoms with Crippen LogP contribution in [0.15, 0.2) is 0 Å². The number of phosphoric acid groups is 1. The SMILES string of the molecule is CC[Se]OP(=O)(O[Se]CC)O[Se]CC. The molecule has 86 valence electrons. The van der Waals surface area contributed by atoms with Gasteiger partial charge < -0.3 is 0 Å². The fraction of sp³-hybridized carbons (Fsp3) is 1.00. The van der Waals surface area contributed by atoms with Gasteiger partial charge in [-0.15, -0.1) is 0 Å². The Balaban J connectivity index is 3.97. The molecule has 0 unspecified atom stereocenters. The molecule has 0 rings (SSSR count). The standard InChI is InChI=1S/C6H15O4PSe3/c1-4-12-8-11(7,9-13-5-2)10-14-6-3/h4-6H2,1-3H3. The summed E-state index contributed by atoms with van der Waals surface area (Å²) in [7, 11) is -3.19. The minimum absolute atomic E-state index is 0.0941. The Hall–Kier alpha value is 1.67. The zero-order valence-corrected chi connectivity index (χ0v) is 14.5. The molecule has 0 aliphatic rings. The quantitative estimate of drug-likeness (QED) is 0.425. The van der Waals surface area contributed by atoms with Gasteiger partial charge in [-0.3, -0.25) is 0 Å². The molecule has 0 amide bonds. The molecule has 0 aromatic heterocycles. The van der Waals surface area contributed by atoms with Gasteiger partial charge in [-0.2, -0.15) is 0 Å². The Kier molecular flexibility index (Phi) is 11.0. The van der Waals surface area contributed by atoms with E-state index in [-0.39, 0.29) is 45.9 Å². The first-order chi connectivity index (χ1) is 6.68.